The van der Waals surface area contributed by atoms with Crippen LogP contribution in [0.5, 0.6) is 5.75 Å². The van der Waals surface area contributed by atoms with E-state index in [0.29, 0.717) is 5.75 Å². The molecule has 0 fully saturated rings. The predicted molar refractivity (Wildman–Crippen MR) is 96.0 cm³/mol. The molecule has 0 bridgehead atoms. The van der Waals surface area contributed by atoms with Gasteiger partial charge >= 0.3 is 17.9 Å². The van der Waals surface area contributed by atoms with Gasteiger partial charge in [-0.1, -0.05) is 39.0 Å². The summed E-state index contributed by atoms with van der Waals surface area (Å²) in [5.74, 6) is -1.48. The van der Waals surface area contributed by atoms with Gasteiger partial charge < -0.3 is 20.3 Å². The molecule has 0 spiro atoms. The van der Waals surface area contributed by atoms with Crippen molar-refractivity contribution >= 4 is 17.9 Å². The Morgan fingerprint density at radius 2 is 1.81 bits per heavy atom. The molecular weight excluding hydrogens is 338 g/mol. The van der Waals surface area contributed by atoms with E-state index in [0.717, 1.165) is 17.5 Å². The Morgan fingerprint density at radius 1 is 1.15 bits per heavy atom. The van der Waals surface area contributed by atoms with E-state index >= 15 is 0 Å². The van der Waals surface area contributed by atoms with E-state index < -0.39 is 23.9 Å². The Balaban J connectivity index is 2.52. The second-order valence-electron chi connectivity index (χ2n) is 6.27. The number of carbonyl (C=O) groups excluding carboxylic acids is 2. The van der Waals surface area contributed by atoms with Crippen LogP contribution in [-0.4, -0.2) is 35.7 Å². The molecule has 144 valence electrons. The highest BCUT2D eigenvalue weighted by Gasteiger charge is 2.17. The lowest BCUT2D eigenvalue weighted by Gasteiger charge is -2.16. The molecule has 0 saturated heterocycles. The topological polar surface area (TPSA) is 116 Å². The smallest absolute Gasteiger partial charge is 0.320 e. The Labute approximate surface area is 153 Å². The minimum absolute atomic E-state index is 0.0210. The molecule has 0 saturated carbocycles. The van der Waals surface area contributed by atoms with Gasteiger partial charge in [0.05, 0.1) is 19.4 Å². The maximum Gasteiger partial charge on any atom is 0.320 e. The lowest BCUT2D eigenvalue weighted by Crippen LogP contribution is -2.31. The minimum Gasteiger partial charge on any atom is -0.480 e. The van der Waals surface area contributed by atoms with Gasteiger partial charge in [0, 0.05) is 6.42 Å². The van der Waals surface area contributed by atoms with Crippen LogP contribution >= 0.6 is 0 Å². The number of carboxylic acid groups (broad SMARTS) is 1. The second-order valence-corrected chi connectivity index (χ2v) is 6.27. The molecule has 0 aromatic heterocycles. The number of esters is 2. The van der Waals surface area contributed by atoms with E-state index in [1.807, 2.05) is 39.0 Å². The summed E-state index contributed by atoms with van der Waals surface area (Å²) in [7, 11) is 0. The minimum atomic E-state index is -1.15. The van der Waals surface area contributed by atoms with Crippen molar-refractivity contribution in [2.75, 3.05) is 6.61 Å². The second kappa shape index (κ2) is 10.6. The van der Waals surface area contributed by atoms with E-state index in [1.165, 1.54) is 0 Å². The number of para-hydroxylation sites is 1. The predicted octanol–water partition coefficient (Wildman–Crippen LogP) is 2.40. The molecule has 1 aromatic carbocycles. The molecule has 0 heterocycles. The van der Waals surface area contributed by atoms with Gasteiger partial charge in [0.1, 0.15) is 11.8 Å². The number of aryl methyl sites for hydroxylation is 1. The van der Waals surface area contributed by atoms with Gasteiger partial charge in [-0.15, -0.1) is 0 Å². The van der Waals surface area contributed by atoms with Crippen molar-refractivity contribution in [1.29, 1.82) is 0 Å². The van der Waals surface area contributed by atoms with Crippen LogP contribution in [-0.2, 0) is 25.5 Å². The third-order valence-corrected chi connectivity index (χ3v) is 3.89. The van der Waals surface area contributed by atoms with Crippen LogP contribution in [0.4, 0.5) is 0 Å². The summed E-state index contributed by atoms with van der Waals surface area (Å²) in [4.78, 5) is 34.3. The first-order valence-electron chi connectivity index (χ1n) is 8.72. The maximum absolute atomic E-state index is 12.1. The fourth-order valence-corrected chi connectivity index (χ4v) is 2.33. The Hall–Kier alpha value is -2.41. The van der Waals surface area contributed by atoms with Crippen molar-refractivity contribution < 1.29 is 29.0 Å². The van der Waals surface area contributed by atoms with Crippen molar-refractivity contribution in [1.82, 2.24) is 0 Å². The zero-order valence-electron chi connectivity index (χ0n) is 15.5. The van der Waals surface area contributed by atoms with Gasteiger partial charge in [0.25, 0.3) is 0 Å². The largest absolute Gasteiger partial charge is 0.480 e. The van der Waals surface area contributed by atoms with Crippen molar-refractivity contribution in [3.8, 4) is 5.75 Å². The van der Waals surface area contributed by atoms with Gasteiger partial charge in [0.15, 0.2) is 0 Å². The van der Waals surface area contributed by atoms with Gasteiger partial charge in [-0.2, -0.15) is 0 Å². The highest BCUT2D eigenvalue weighted by molar-refractivity contribution is 5.79. The zero-order chi connectivity index (χ0) is 19.7. The third-order valence-electron chi connectivity index (χ3n) is 3.89. The average molecular weight is 365 g/mol. The van der Waals surface area contributed by atoms with Gasteiger partial charge in [-0.3, -0.25) is 14.4 Å². The third kappa shape index (κ3) is 6.84. The summed E-state index contributed by atoms with van der Waals surface area (Å²) in [6.07, 6.45) is 0.508. The van der Waals surface area contributed by atoms with E-state index in [1.54, 1.807) is 0 Å². The normalized spacial score (nSPS) is 11.9. The van der Waals surface area contributed by atoms with Crippen LogP contribution in [0.3, 0.4) is 0 Å². The Kier molecular flexibility index (Phi) is 8.78. The number of aliphatic carboxylic acids is 1. The lowest BCUT2D eigenvalue weighted by atomic mass is 9.98. The maximum atomic E-state index is 12.1. The lowest BCUT2D eigenvalue weighted by molar-refractivity contribution is -0.148. The van der Waals surface area contributed by atoms with Crippen LogP contribution < -0.4 is 10.5 Å². The van der Waals surface area contributed by atoms with Gasteiger partial charge in [-0.25, -0.2) is 0 Å². The summed E-state index contributed by atoms with van der Waals surface area (Å²) in [6.45, 7) is 5.92. The van der Waals surface area contributed by atoms with E-state index in [9.17, 15) is 14.4 Å². The quantitative estimate of drug-likeness (QED) is 0.483. The van der Waals surface area contributed by atoms with E-state index in [2.05, 4.69) is 0 Å². The number of carbonyl (C=O) groups is 3. The van der Waals surface area contributed by atoms with Crippen LogP contribution in [0.25, 0.3) is 0 Å². The molecular formula is C19H27NO6. The molecule has 1 aromatic rings. The molecule has 0 aliphatic heterocycles. The number of nitrogens with two attached hydrogens (primary N) is 1. The van der Waals surface area contributed by atoms with E-state index in [4.69, 9.17) is 20.3 Å². The first-order chi connectivity index (χ1) is 12.3. The Bertz CT molecular complexity index is 641. The average Bonchev–Trinajstić information content (AvgIpc) is 2.59. The van der Waals surface area contributed by atoms with Crippen molar-refractivity contribution in [2.45, 2.75) is 58.4 Å². The molecule has 0 aliphatic rings. The first-order valence-corrected chi connectivity index (χ1v) is 8.72. The number of carboxylic acids is 1. The van der Waals surface area contributed by atoms with Crippen LogP contribution in [0.1, 0.15) is 57.1 Å². The summed E-state index contributed by atoms with van der Waals surface area (Å²) in [5, 5.41) is 8.64. The van der Waals surface area contributed by atoms with Crippen molar-refractivity contribution in [2.24, 2.45) is 5.73 Å². The molecule has 0 radical (unpaired) electrons. The zero-order valence-corrected chi connectivity index (χ0v) is 15.5. The molecule has 26 heavy (non-hydrogen) atoms. The SMILES string of the molecule is CCc1cccc(C(C)C)c1OC(=O)CCC(=O)OCCC(N)C(=O)O. The van der Waals surface area contributed by atoms with Crippen LogP contribution in [0, 0.1) is 0 Å². The monoisotopic (exact) mass is 365 g/mol. The van der Waals surface area contributed by atoms with Crippen molar-refractivity contribution in [3.05, 3.63) is 29.3 Å². The Morgan fingerprint density at radius 3 is 2.38 bits per heavy atom. The number of ether oxygens (including phenoxy) is 2. The summed E-state index contributed by atoms with van der Waals surface area (Å²) in [6, 6.07) is 4.69. The molecule has 0 amide bonds. The number of hydrogen-bond donors (Lipinski definition) is 2. The first kappa shape index (κ1) is 21.6. The van der Waals surface area contributed by atoms with Gasteiger partial charge in [0.2, 0.25) is 0 Å². The fraction of sp³-hybridized carbons (Fsp3) is 0.526. The number of hydrogen-bond acceptors (Lipinski definition) is 6. The summed E-state index contributed by atoms with van der Waals surface area (Å²) >= 11 is 0. The molecule has 7 heteroatoms. The standard InChI is InChI=1S/C19H27NO6/c1-4-13-6-5-7-14(12(2)3)18(13)26-17(22)9-8-16(21)25-11-10-15(20)19(23)24/h5-7,12,15H,4,8-11,20H2,1-3H3,(H,23,24). The summed E-state index contributed by atoms with van der Waals surface area (Å²) < 4.78 is 10.4. The fourth-order valence-electron chi connectivity index (χ4n) is 2.33. The molecule has 1 unspecified atom stereocenters. The highest BCUT2D eigenvalue weighted by atomic mass is 16.5. The molecule has 3 N–H and O–H groups in total. The molecule has 1 atom stereocenters. The highest BCUT2D eigenvalue weighted by Crippen LogP contribution is 2.31. The van der Waals surface area contributed by atoms with Crippen LogP contribution in [0.15, 0.2) is 18.2 Å². The number of benzene rings is 1. The van der Waals surface area contributed by atoms with Crippen molar-refractivity contribution in [3.63, 3.8) is 0 Å². The summed E-state index contributed by atoms with van der Waals surface area (Å²) in [5.41, 5.74) is 7.20. The van der Waals surface area contributed by atoms with Gasteiger partial charge in [-0.05, 0) is 23.5 Å². The molecule has 0 aliphatic carbocycles. The van der Waals surface area contributed by atoms with E-state index in [-0.39, 0.29) is 31.8 Å². The number of rotatable bonds is 10. The van der Waals surface area contributed by atoms with Crippen LogP contribution in [0.2, 0.25) is 0 Å². The molecule has 7 nitrogen and oxygen atoms in total. The molecule has 1 rings (SSSR count).